The highest BCUT2D eigenvalue weighted by Crippen LogP contribution is 2.18. The van der Waals surface area contributed by atoms with Gasteiger partial charge in [0.25, 0.3) is 0 Å². The average molecular weight is 283 g/mol. The Morgan fingerprint density at radius 1 is 1.40 bits per heavy atom. The number of hydrogen-bond donors (Lipinski definition) is 1. The van der Waals surface area contributed by atoms with Gasteiger partial charge in [0.2, 0.25) is 0 Å². The van der Waals surface area contributed by atoms with E-state index in [4.69, 9.17) is 4.74 Å². The highest BCUT2D eigenvalue weighted by molar-refractivity contribution is 5.80. The van der Waals surface area contributed by atoms with E-state index >= 15 is 0 Å². The lowest BCUT2D eigenvalue weighted by atomic mass is 9.97. The van der Waals surface area contributed by atoms with E-state index < -0.39 is 0 Å². The third-order valence-corrected chi connectivity index (χ3v) is 3.78. The summed E-state index contributed by atoms with van der Waals surface area (Å²) >= 11 is 0. The molecule has 1 aliphatic rings. The molecule has 1 saturated heterocycles. The summed E-state index contributed by atoms with van der Waals surface area (Å²) in [7, 11) is 3.28. The lowest BCUT2D eigenvalue weighted by molar-refractivity contribution is -0.146. The van der Waals surface area contributed by atoms with Crippen molar-refractivity contribution in [3.05, 3.63) is 0 Å². The molecule has 0 amide bonds. The predicted octanol–water partition coefficient (Wildman–Crippen LogP) is 1.88. The highest BCUT2D eigenvalue weighted by atomic mass is 16.5. The summed E-state index contributed by atoms with van der Waals surface area (Å²) in [6.45, 7) is 7.17. The van der Waals surface area contributed by atoms with Crippen LogP contribution >= 0.6 is 0 Å². The molecule has 0 aromatic rings. The number of hydrogen-bond acceptors (Lipinski definition) is 3. The summed E-state index contributed by atoms with van der Waals surface area (Å²) in [6.07, 6.45) is 4.09. The van der Waals surface area contributed by atoms with Crippen molar-refractivity contribution in [2.45, 2.75) is 39.5 Å². The molecule has 0 aliphatic carbocycles. The first kappa shape index (κ1) is 16.8. The van der Waals surface area contributed by atoms with Gasteiger partial charge in [-0.15, -0.1) is 0 Å². The van der Waals surface area contributed by atoms with Crippen LogP contribution in [0.15, 0.2) is 4.99 Å². The van der Waals surface area contributed by atoms with E-state index in [-0.39, 0.29) is 11.9 Å². The molecule has 0 aromatic carbocycles. The first-order valence-electron chi connectivity index (χ1n) is 7.62. The molecule has 0 unspecified atom stereocenters. The number of likely N-dealkylation sites (tertiary alicyclic amines) is 1. The SMILES string of the molecule is CN=C(NCCCC(C)C)N1CCC(C(=O)OC)CC1. The van der Waals surface area contributed by atoms with Crippen LogP contribution in [-0.2, 0) is 9.53 Å². The fourth-order valence-corrected chi connectivity index (χ4v) is 2.54. The summed E-state index contributed by atoms with van der Waals surface area (Å²) in [5.74, 6) is 1.67. The van der Waals surface area contributed by atoms with E-state index in [2.05, 4.69) is 29.1 Å². The van der Waals surface area contributed by atoms with E-state index in [1.165, 1.54) is 13.5 Å². The van der Waals surface area contributed by atoms with Gasteiger partial charge in [0, 0.05) is 26.7 Å². The van der Waals surface area contributed by atoms with E-state index in [1.54, 1.807) is 0 Å². The highest BCUT2D eigenvalue weighted by Gasteiger charge is 2.26. The van der Waals surface area contributed by atoms with Gasteiger partial charge < -0.3 is 15.0 Å². The van der Waals surface area contributed by atoms with Crippen molar-refractivity contribution in [3.63, 3.8) is 0 Å². The molecule has 1 rings (SSSR count). The van der Waals surface area contributed by atoms with Crippen LogP contribution in [0.3, 0.4) is 0 Å². The minimum absolute atomic E-state index is 0.0512. The summed E-state index contributed by atoms with van der Waals surface area (Å²) in [5.41, 5.74) is 0. The Kier molecular flexibility index (Phi) is 7.41. The Labute approximate surface area is 122 Å². The van der Waals surface area contributed by atoms with E-state index in [0.717, 1.165) is 50.8 Å². The van der Waals surface area contributed by atoms with Crippen molar-refractivity contribution in [3.8, 4) is 0 Å². The Hall–Kier alpha value is -1.26. The van der Waals surface area contributed by atoms with Crippen LogP contribution in [0.2, 0.25) is 0 Å². The number of carbonyl (C=O) groups excluding carboxylic acids is 1. The first-order valence-corrected chi connectivity index (χ1v) is 7.62. The van der Waals surface area contributed by atoms with Gasteiger partial charge in [-0.2, -0.15) is 0 Å². The van der Waals surface area contributed by atoms with Crippen molar-refractivity contribution >= 4 is 11.9 Å². The average Bonchev–Trinajstić information content (AvgIpc) is 2.46. The van der Waals surface area contributed by atoms with Crippen molar-refractivity contribution in [1.82, 2.24) is 10.2 Å². The molecule has 1 aliphatic heterocycles. The Bertz CT molecular complexity index is 321. The fourth-order valence-electron chi connectivity index (χ4n) is 2.54. The van der Waals surface area contributed by atoms with Crippen molar-refractivity contribution in [2.75, 3.05) is 33.8 Å². The molecule has 1 N–H and O–H groups in total. The van der Waals surface area contributed by atoms with Crippen LogP contribution in [-0.4, -0.2) is 50.6 Å². The number of aliphatic imine (C=N–C) groups is 1. The molecule has 1 heterocycles. The van der Waals surface area contributed by atoms with Crippen LogP contribution in [0.25, 0.3) is 0 Å². The number of esters is 1. The third kappa shape index (κ3) is 5.39. The van der Waals surface area contributed by atoms with E-state index in [1.807, 2.05) is 7.05 Å². The van der Waals surface area contributed by atoms with Crippen molar-refractivity contribution < 1.29 is 9.53 Å². The van der Waals surface area contributed by atoms with Crippen molar-refractivity contribution in [1.29, 1.82) is 0 Å². The van der Waals surface area contributed by atoms with Crippen molar-refractivity contribution in [2.24, 2.45) is 16.8 Å². The number of carbonyl (C=O) groups is 1. The number of piperidine rings is 1. The summed E-state index contributed by atoms with van der Waals surface area (Å²) in [5, 5.41) is 3.41. The lowest BCUT2D eigenvalue weighted by Gasteiger charge is -2.33. The molecule has 0 saturated carbocycles. The van der Waals surface area contributed by atoms with Gasteiger partial charge in [-0.1, -0.05) is 13.8 Å². The lowest BCUT2D eigenvalue weighted by Crippen LogP contribution is -2.46. The zero-order chi connectivity index (χ0) is 15.0. The standard InChI is InChI=1S/C15H29N3O2/c1-12(2)6-5-9-17-15(16-3)18-10-7-13(8-11-18)14(19)20-4/h12-13H,5-11H2,1-4H3,(H,16,17). The maximum absolute atomic E-state index is 11.5. The molecule has 0 bridgehead atoms. The molecular weight excluding hydrogens is 254 g/mol. The van der Waals surface area contributed by atoms with Crippen LogP contribution in [0.5, 0.6) is 0 Å². The second kappa shape index (κ2) is 8.82. The predicted molar refractivity (Wildman–Crippen MR) is 81.7 cm³/mol. The van der Waals surface area contributed by atoms with Gasteiger partial charge in [-0.25, -0.2) is 0 Å². The third-order valence-electron chi connectivity index (χ3n) is 3.78. The van der Waals surface area contributed by atoms with Gasteiger partial charge in [-0.05, 0) is 31.6 Å². The molecule has 20 heavy (non-hydrogen) atoms. The van der Waals surface area contributed by atoms with Gasteiger partial charge in [0.1, 0.15) is 0 Å². The summed E-state index contributed by atoms with van der Waals surface area (Å²) in [4.78, 5) is 18.1. The van der Waals surface area contributed by atoms with Gasteiger partial charge >= 0.3 is 5.97 Å². The van der Waals surface area contributed by atoms with Gasteiger partial charge in [0.15, 0.2) is 5.96 Å². The number of rotatable bonds is 5. The number of methoxy groups -OCH3 is 1. The quantitative estimate of drug-likeness (QED) is 0.362. The summed E-state index contributed by atoms with van der Waals surface area (Å²) in [6, 6.07) is 0. The maximum atomic E-state index is 11.5. The molecule has 5 heteroatoms. The zero-order valence-corrected chi connectivity index (χ0v) is 13.3. The van der Waals surface area contributed by atoms with Gasteiger partial charge in [0.05, 0.1) is 13.0 Å². The van der Waals surface area contributed by atoms with E-state index in [9.17, 15) is 4.79 Å². The van der Waals surface area contributed by atoms with Crippen LogP contribution < -0.4 is 5.32 Å². The zero-order valence-electron chi connectivity index (χ0n) is 13.3. The molecule has 5 nitrogen and oxygen atoms in total. The molecule has 0 atom stereocenters. The second-order valence-corrected chi connectivity index (χ2v) is 5.79. The minimum atomic E-state index is -0.0791. The van der Waals surface area contributed by atoms with Crippen LogP contribution in [0, 0.1) is 11.8 Å². The molecule has 1 fully saturated rings. The van der Waals surface area contributed by atoms with E-state index in [0.29, 0.717) is 0 Å². The monoisotopic (exact) mass is 283 g/mol. The number of ether oxygens (including phenoxy) is 1. The molecular formula is C15H29N3O2. The second-order valence-electron chi connectivity index (χ2n) is 5.79. The number of nitrogens with one attached hydrogen (secondary N) is 1. The first-order chi connectivity index (χ1) is 9.58. The number of guanidine groups is 1. The molecule has 0 radical (unpaired) electrons. The smallest absolute Gasteiger partial charge is 0.308 e. The minimum Gasteiger partial charge on any atom is -0.469 e. The molecule has 0 aromatic heterocycles. The maximum Gasteiger partial charge on any atom is 0.308 e. The van der Waals surface area contributed by atoms with Gasteiger partial charge in [-0.3, -0.25) is 9.79 Å². The molecule has 116 valence electrons. The topological polar surface area (TPSA) is 53.9 Å². The Morgan fingerprint density at radius 2 is 2.05 bits per heavy atom. The fraction of sp³-hybridized carbons (Fsp3) is 0.867. The number of nitrogens with zero attached hydrogens (tertiary/aromatic N) is 2. The Balaban J connectivity index is 2.32. The van der Waals surface area contributed by atoms with Crippen LogP contribution in [0.1, 0.15) is 39.5 Å². The van der Waals surface area contributed by atoms with Crippen LogP contribution in [0.4, 0.5) is 0 Å². The Morgan fingerprint density at radius 3 is 2.55 bits per heavy atom. The summed E-state index contributed by atoms with van der Waals surface area (Å²) < 4.78 is 4.81. The largest absolute Gasteiger partial charge is 0.469 e. The molecule has 0 spiro atoms. The normalized spacial score (nSPS) is 17.4.